The molecule has 1 aliphatic heterocycles. The molecule has 0 radical (unpaired) electrons. The van der Waals surface area contributed by atoms with E-state index in [4.69, 9.17) is 5.11 Å². The number of nitrogens with one attached hydrogen (secondary N) is 3. The number of Topliss-reactive ketones (excluding diaryl/α,β-unsaturated/α-hetero) is 2. The van der Waals surface area contributed by atoms with Crippen molar-refractivity contribution in [3.8, 4) is 0 Å². The largest absolute Gasteiger partial charge is 0.481 e. The lowest BCUT2D eigenvalue weighted by Gasteiger charge is -2.19. The molecule has 26 heavy (non-hydrogen) atoms. The van der Waals surface area contributed by atoms with E-state index in [1.807, 2.05) is 7.05 Å². The van der Waals surface area contributed by atoms with E-state index in [1.165, 1.54) is 6.92 Å². The van der Waals surface area contributed by atoms with Gasteiger partial charge >= 0.3 is 5.97 Å². The molecule has 150 valence electrons. The van der Waals surface area contributed by atoms with Gasteiger partial charge in [-0.1, -0.05) is 6.42 Å². The van der Waals surface area contributed by atoms with E-state index in [9.17, 15) is 19.2 Å². The van der Waals surface area contributed by atoms with E-state index in [0.717, 1.165) is 37.3 Å². The predicted molar refractivity (Wildman–Crippen MR) is 102 cm³/mol. The summed E-state index contributed by atoms with van der Waals surface area (Å²) in [7, 11) is 1.87. The number of carboxylic acid groups (broad SMARTS) is 1. The molecule has 0 saturated carbocycles. The van der Waals surface area contributed by atoms with E-state index in [1.54, 1.807) is 11.8 Å². The van der Waals surface area contributed by atoms with Gasteiger partial charge in [0.05, 0.1) is 17.8 Å². The van der Waals surface area contributed by atoms with Gasteiger partial charge in [0.1, 0.15) is 17.9 Å². The molecule has 1 fully saturated rings. The maximum atomic E-state index is 11.5. The third-order valence-corrected chi connectivity index (χ3v) is 4.74. The molecule has 2 atom stereocenters. The molecule has 0 aromatic carbocycles. The highest BCUT2D eigenvalue weighted by molar-refractivity contribution is 8.00. The summed E-state index contributed by atoms with van der Waals surface area (Å²) in [5.41, 5.74) is 5.56. The van der Waals surface area contributed by atoms with Crippen LogP contribution in [0.3, 0.4) is 0 Å². The number of hydrogen-bond donors (Lipinski definition) is 4. The normalized spacial score (nSPS) is 15.7. The number of aliphatic carboxylic acids is 1. The molecule has 1 rings (SSSR count). The minimum absolute atomic E-state index is 0.00941. The first kappa shape index (κ1) is 24.7. The molecule has 8 nitrogen and oxygen atoms in total. The highest BCUT2D eigenvalue weighted by atomic mass is 32.2. The Morgan fingerprint density at radius 2 is 2.00 bits per heavy atom. The Bertz CT molecular complexity index is 440. The van der Waals surface area contributed by atoms with Crippen LogP contribution >= 0.6 is 11.8 Å². The zero-order valence-electron chi connectivity index (χ0n) is 15.6. The van der Waals surface area contributed by atoms with Crippen molar-refractivity contribution in [2.75, 3.05) is 25.1 Å². The van der Waals surface area contributed by atoms with Crippen LogP contribution in [0.1, 0.15) is 45.4 Å². The average molecular weight is 390 g/mol. The number of aldehydes is 1. The monoisotopic (exact) mass is 389 g/mol. The summed E-state index contributed by atoms with van der Waals surface area (Å²) in [6.07, 6.45) is 4.09. The van der Waals surface area contributed by atoms with Gasteiger partial charge in [-0.2, -0.15) is 11.8 Å². The molecule has 0 aromatic heterocycles. The van der Waals surface area contributed by atoms with Crippen molar-refractivity contribution in [1.82, 2.24) is 16.2 Å². The topological polar surface area (TPSA) is 125 Å². The Morgan fingerprint density at radius 1 is 1.27 bits per heavy atom. The second kappa shape index (κ2) is 15.9. The predicted octanol–water partition coefficient (Wildman–Crippen LogP) is 0.553. The molecule has 0 spiro atoms. The van der Waals surface area contributed by atoms with Gasteiger partial charge in [-0.15, -0.1) is 0 Å². The molecule has 1 saturated heterocycles. The van der Waals surface area contributed by atoms with Crippen LogP contribution in [0.4, 0.5) is 0 Å². The molecular formula is C17H31N3O5S. The number of thioether (sulfide) groups is 1. The molecule has 1 unspecified atom stereocenters. The highest BCUT2D eigenvalue weighted by Gasteiger charge is 2.16. The van der Waals surface area contributed by atoms with Gasteiger partial charge in [-0.05, 0) is 39.8 Å². The molecule has 4 N–H and O–H groups in total. The Hall–Kier alpha value is -1.29. The lowest BCUT2D eigenvalue weighted by atomic mass is 10.1. The molecule has 0 aromatic rings. The second-order valence-electron chi connectivity index (χ2n) is 6.07. The van der Waals surface area contributed by atoms with Gasteiger partial charge < -0.3 is 15.2 Å². The number of carboxylic acids is 1. The fourth-order valence-corrected chi connectivity index (χ4v) is 3.02. The van der Waals surface area contributed by atoms with Gasteiger partial charge in [0.25, 0.3) is 0 Å². The van der Waals surface area contributed by atoms with Crippen LogP contribution in [-0.4, -0.2) is 66.1 Å². The minimum Gasteiger partial charge on any atom is -0.481 e. The van der Waals surface area contributed by atoms with E-state index in [2.05, 4.69) is 16.2 Å². The summed E-state index contributed by atoms with van der Waals surface area (Å²) in [4.78, 5) is 43.0. The van der Waals surface area contributed by atoms with Crippen molar-refractivity contribution in [1.29, 1.82) is 0 Å². The standard InChI is InChI=1S/C13H25N3O4.C4H6OS/c1-10(18)12(5-3-4-8-14-2)16-15-11(9-17)6-7-13(19)20;5-4-1-2-6-3-4/h9,11-12,14-16H,3-8H2,1-2H3,(H,19,20);1-3H2/t11-,12?;/m1./s1. The number of carbonyl (C=O) groups is 4. The van der Waals surface area contributed by atoms with Crippen LogP contribution in [0.2, 0.25) is 0 Å². The van der Waals surface area contributed by atoms with Gasteiger partial charge in [0.15, 0.2) is 0 Å². The van der Waals surface area contributed by atoms with Crippen LogP contribution in [0.15, 0.2) is 0 Å². The SMILES string of the molecule is CNCCCCC(NN[C@@H](C=O)CCC(=O)O)C(C)=O.O=C1CCSC1. The van der Waals surface area contributed by atoms with Crippen molar-refractivity contribution in [2.45, 2.75) is 57.5 Å². The zero-order valence-corrected chi connectivity index (χ0v) is 16.4. The number of hydrogen-bond acceptors (Lipinski definition) is 8. The van der Waals surface area contributed by atoms with Crippen molar-refractivity contribution < 1.29 is 24.3 Å². The zero-order chi connectivity index (χ0) is 19.8. The highest BCUT2D eigenvalue weighted by Crippen LogP contribution is 2.11. The Morgan fingerprint density at radius 3 is 2.42 bits per heavy atom. The van der Waals surface area contributed by atoms with Gasteiger partial charge in [0.2, 0.25) is 0 Å². The maximum absolute atomic E-state index is 11.5. The second-order valence-corrected chi connectivity index (χ2v) is 7.17. The summed E-state index contributed by atoms with van der Waals surface area (Å²) in [6.45, 7) is 2.39. The van der Waals surface area contributed by atoms with Crippen LogP contribution in [0.5, 0.6) is 0 Å². The Labute approximate surface area is 159 Å². The van der Waals surface area contributed by atoms with Gasteiger partial charge in [0, 0.05) is 18.6 Å². The molecule has 0 aliphatic carbocycles. The number of rotatable bonds is 13. The molecule has 1 aliphatic rings. The van der Waals surface area contributed by atoms with Crippen molar-refractivity contribution in [3.63, 3.8) is 0 Å². The van der Waals surface area contributed by atoms with E-state index >= 15 is 0 Å². The number of carbonyl (C=O) groups excluding carboxylic acids is 3. The molecule has 9 heteroatoms. The molecule has 1 heterocycles. The maximum Gasteiger partial charge on any atom is 0.303 e. The number of ketones is 2. The smallest absolute Gasteiger partial charge is 0.303 e. The fraction of sp³-hybridized carbons (Fsp3) is 0.765. The quantitative estimate of drug-likeness (QED) is 0.203. The van der Waals surface area contributed by atoms with E-state index < -0.39 is 12.0 Å². The minimum atomic E-state index is -0.950. The van der Waals surface area contributed by atoms with Crippen LogP contribution in [-0.2, 0) is 19.2 Å². The first-order valence-electron chi connectivity index (χ1n) is 8.83. The number of hydrazine groups is 1. The number of unbranched alkanes of at least 4 members (excludes halogenated alkanes) is 1. The van der Waals surface area contributed by atoms with Crippen LogP contribution < -0.4 is 16.2 Å². The van der Waals surface area contributed by atoms with Crippen molar-refractivity contribution in [3.05, 3.63) is 0 Å². The van der Waals surface area contributed by atoms with E-state index in [-0.39, 0.29) is 24.7 Å². The summed E-state index contributed by atoms with van der Waals surface area (Å²) >= 11 is 1.73. The molecule has 0 amide bonds. The van der Waals surface area contributed by atoms with E-state index in [0.29, 0.717) is 18.5 Å². The Balaban J connectivity index is 0.000000867. The van der Waals surface area contributed by atoms with Crippen LogP contribution in [0.25, 0.3) is 0 Å². The third kappa shape index (κ3) is 13.9. The Kier molecular flexibility index (Phi) is 15.1. The summed E-state index contributed by atoms with van der Waals surface area (Å²) in [5.74, 6) is 1.28. The lowest BCUT2D eigenvalue weighted by Crippen LogP contribution is -2.50. The molecule has 0 bridgehead atoms. The first-order chi connectivity index (χ1) is 12.4. The van der Waals surface area contributed by atoms with Crippen molar-refractivity contribution in [2.24, 2.45) is 0 Å². The summed E-state index contributed by atoms with van der Waals surface area (Å²) in [6, 6.07) is -0.968. The third-order valence-electron chi connectivity index (χ3n) is 3.73. The first-order valence-corrected chi connectivity index (χ1v) is 9.98. The summed E-state index contributed by atoms with van der Waals surface area (Å²) < 4.78 is 0. The molecular weight excluding hydrogens is 358 g/mol. The van der Waals surface area contributed by atoms with Gasteiger partial charge in [-0.3, -0.25) is 14.4 Å². The lowest BCUT2D eigenvalue weighted by molar-refractivity contribution is -0.137. The summed E-state index contributed by atoms with van der Waals surface area (Å²) in [5, 5.41) is 11.6. The van der Waals surface area contributed by atoms with Crippen molar-refractivity contribution >= 4 is 35.6 Å². The van der Waals surface area contributed by atoms with Gasteiger partial charge in [-0.25, -0.2) is 10.9 Å². The van der Waals surface area contributed by atoms with Crippen LogP contribution in [0, 0.1) is 0 Å². The average Bonchev–Trinajstić information content (AvgIpc) is 3.07. The fourth-order valence-electron chi connectivity index (χ4n) is 2.13.